The van der Waals surface area contributed by atoms with Crippen LogP contribution in [0.4, 0.5) is 5.13 Å². The third-order valence-electron chi connectivity index (χ3n) is 3.47. The summed E-state index contributed by atoms with van der Waals surface area (Å²) < 4.78 is 5.35. The first kappa shape index (κ1) is 18.4. The lowest BCUT2D eigenvalue weighted by Crippen LogP contribution is -2.51. The van der Waals surface area contributed by atoms with E-state index in [1.165, 1.54) is 0 Å². The van der Waals surface area contributed by atoms with Crippen LogP contribution in [0.5, 0.6) is 0 Å². The number of ether oxygens (including phenoxy) is 1. The van der Waals surface area contributed by atoms with Gasteiger partial charge in [-0.05, 0) is 13.8 Å². The normalized spacial score (nSPS) is 16.8. The van der Waals surface area contributed by atoms with Crippen molar-refractivity contribution in [3.05, 3.63) is 11.6 Å². The lowest BCUT2D eigenvalue weighted by atomic mass is 10.1. The van der Waals surface area contributed by atoms with Crippen LogP contribution < -0.4 is 10.6 Å². The molecule has 0 amide bonds. The predicted octanol–water partition coefficient (Wildman–Crippen LogP) is 1.62. The first-order chi connectivity index (χ1) is 9.52. The average molecular weight is 425 g/mol. The minimum Gasteiger partial charge on any atom is -0.377 e. The van der Waals surface area contributed by atoms with Crippen LogP contribution in [0.25, 0.3) is 0 Å². The molecule has 0 spiro atoms. The summed E-state index contributed by atoms with van der Waals surface area (Å²) in [4.78, 5) is 13.2. The quantitative estimate of drug-likeness (QED) is 0.451. The molecule has 6 nitrogen and oxygen atoms in total. The van der Waals surface area contributed by atoms with E-state index in [0.29, 0.717) is 12.5 Å². The fourth-order valence-electron chi connectivity index (χ4n) is 1.93. The number of piperazine rings is 1. The standard InChI is InChI=1S/C13H23N5OS.HI/c1-13(2,19-3)10-16-11(14)17-5-7-18(8-6-17)12-15-4-9-20-12;/h4,9H,5-8,10H2,1-3H3,(H2,14,16);1H. The van der Waals surface area contributed by atoms with Gasteiger partial charge in [-0.15, -0.1) is 35.3 Å². The molecule has 8 heteroatoms. The SMILES string of the molecule is COC(C)(C)CN=C(N)N1CCN(c2nccs2)CC1.I. The Hall–Kier alpha value is -0.610. The fraction of sp³-hybridized carbons (Fsp3) is 0.692. The Bertz CT molecular complexity index is 443. The van der Waals surface area contributed by atoms with Gasteiger partial charge < -0.3 is 20.3 Å². The number of hydrogen-bond acceptors (Lipinski definition) is 5. The molecule has 0 aliphatic carbocycles. The zero-order valence-corrected chi connectivity index (χ0v) is 15.9. The summed E-state index contributed by atoms with van der Waals surface area (Å²) in [5.74, 6) is 0.605. The monoisotopic (exact) mass is 425 g/mol. The number of aromatic nitrogens is 1. The van der Waals surface area contributed by atoms with Crippen molar-refractivity contribution in [2.45, 2.75) is 19.4 Å². The molecule has 2 N–H and O–H groups in total. The highest BCUT2D eigenvalue weighted by molar-refractivity contribution is 14.0. The molecule has 1 aliphatic rings. The number of rotatable bonds is 4. The van der Waals surface area contributed by atoms with E-state index in [9.17, 15) is 0 Å². The summed E-state index contributed by atoms with van der Waals surface area (Å²) >= 11 is 1.67. The molecule has 2 heterocycles. The predicted molar refractivity (Wildman–Crippen MR) is 98.9 cm³/mol. The van der Waals surface area contributed by atoms with Crippen molar-refractivity contribution in [2.75, 3.05) is 44.7 Å². The second-order valence-electron chi connectivity index (χ2n) is 5.43. The van der Waals surface area contributed by atoms with Crippen LogP contribution in [0.1, 0.15) is 13.8 Å². The molecular formula is C13H24IN5OS. The van der Waals surface area contributed by atoms with Crippen molar-refractivity contribution in [2.24, 2.45) is 10.7 Å². The van der Waals surface area contributed by atoms with Crippen molar-refractivity contribution in [3.63, 3.8) is 0 Å². The molecule has 1 fully saturated rings. The van der Waals surface area contributed by atoms with Crippen molar-refractivity contribution in [1.29, 1.82) is 0 Å². The zero-order valence-electron chi connectivity index (χ0n) is 12.8. The van der Waals surface area contributed by atoms with Gasteiger partial charge in [-0.25, -0.2) is 4.98 Å². The van der Waals surface area contributed by atoms with Crippen molar-refractivity contribution in [3.8, 4) is 0 Å². The van der Waals surface area contributed by atoms with Crippen LogP contribution in [0.3, 0.4) is 0 Å². The topological polar surface area (TPSA) is 67.0 Å². The molecule has 1 aromatic heterocycles. The van der Waals surface area contributed by atoms with Gasteiger partial charge in [-0.3, -0.25) is 4.99 Å². The van der Waals surface area contributed by atoms with Crippen LogP contribution in [-0.2, 0) is 4.74 Å². The van der Waals surface area contributed by atoms with E-state index in [4.69, 9.17) is 10.5 Å². The number of guanidine groups is 1. The van der Waals surface area contributed by atoms with Crippen molar-refractivity contribution in [1.82, 2.24) is 9.88 Å². The summed E-state index contributed by atoms with van der Waals surface area (Å²) in [6.45, 7) is 8.19. The van der Waals surface area contributed by atoms with E-state index < -0.39 is 0 Å². The summed E-state index contributed by atoms with van der Waals surface area (Å²) in [7, 11) is 1.69. The Labute approximate surface area is 147 Å². The lowest BCUT2D eigenvalue weighted by Gasteiger charge is -2.35. The van der Waals surface area contributed by atoms with E-state index in [0.717, 1.165) is 31.3 Å². The number of anilines is 1. The first-order valence-electron chi connectivity index (χ1n) is 6.76. The summed E-state index contributed by atoms with van der Waals surface area (Å²) in [5.41, 5.74) is 5.79. The van der Waals surface area contributed by atoms with E-state index in [1.54, 1.807) is 18.4 Å². The minimum atomic E-state index is -0.271. The highest BCUT2D eigenvalue weighted by Gasteiger charge is 2.21. The molecule has 0 saturated carbocycles. The van der Waals surface area contributed by atoms with Gasteiger partial charge in [0.2, 0.25) is 0 Å². The number of thiazole rings is 1. The summed E-state index contributed by atoms with van der Waals surface area (Å²) in [6, 6.07) is 0. The van der Waals surface area contributed by atoms with Crippen LogP contribution >= 0.6 is 35.3 Å². The molecule has 0 atom stereocenters. The molecule has 120 valence electrons. The fourth-order valence-corrected chi connectivity index (χ4v) is 2.63. The Morgan fingerprint density at radius 3 is 2.62 bits per heavy atom. The number of hydrogen-bond donors (Lipinski definition) is 1. The number of nitrogens with zero attached hydrogens (tertiary/aromatic N) is 4. The highest BCUT2D eigenvalue weighted by atomic mass is 127. The molecule has 0 bridgehead atoms. The first-order valence-corrected chi connectivity index (χ1v) is 7.64. The molecule has 0 radical (unpaired) electrons. The molecule has 1 aromatic rings. The summed E-state index contributed by atoms with van der Waals surface area (Å²) in [6.07, 6.45) is 1.84. The van der Waals surface area contributed by atoms with E-state index >= 15 is 0 Å². The van der Waals surface area contributed by atoms with Gasteiger partial charge in [-0.1, -0.05) is 0 Å². The highest BCUT2D eigenvalue weighted by Crippen LogP contribution is 2.18. The molecule has 21 heavy (non-hydrogen) atoms. The van der Waals surface area contributed by atoms with Gasteiger partial charge >= 0.3 is 0 Å². The minimum absolute atomic E-state index is 0. The van der Waals surface area contributed by atoms with Crippen molar-refractivity contribution >= 4 is 46.4 Å². The number of methoxy groups -OCH3 is 1. The Balaban J connectivity index is 0.00000220. The van der Waals surface area contributed by atoms with Gasteiger partial charge in [0, 0.05) is 44.9 Å². The molecular weight excluding hydrogens is 401 g/mol. The Morgan fingerprint density at radius 2 is 2.10 bits per heavy atom. The van der Waals surface area contributed by atoms with Crippen LogP contribution in [0, 0.1) is 0 Å². The molecule has 2 rings (SSSR count). The number of aliphatic imine (C=N–C) groups is 1. The zero-order chi connectivity index (χ0) is 14.6. The van der Waals surface area contributed by atoms with Crippen LogP contribution in [0.2, 0.25) is 0 Å². The second kappa shape index (κ2) is 8.14. The maximum atomic E-state index is 6.06. The Kier molecular flexibility index (Phi) is 7.14. The average Bonchev–Trinajstić information content (AvgIpc) is 2.99. The maximum absolute atomic E-state index is 6.06. The molecule has 1 saturated heterocycles. The van der Waals surface area contributed by atoms with Crippen LogP contribution in [-0.4, -0.2) is 61.3 Å². The maximum Gasteiger partial charge on any atom is 0.191 e. The third kappa shape index (κ3) is 5.26. The number of nitrogens with two attached hydrogens (primary N) is 1. The van der Waals surface area contributed by atoms with E-state index in [1.807, 2.05) is 25.4 Å². The second-order valence-corrected chi connectivity index (χ2v) is 6.30. The van der Waals surface area contributed by atoms with Crippen molar-refractivity contribution < 1.29 is 4.74 Å². The molecule has 0 unspecified atom stereocenters. The van der Waals surface area contributed by atoms with Gasteiger partial charge in [0.15, 0.2) is 11.1 Å². The molecule has 0 aromatic carbocycles. The van der Waals surface area contributed by atoms with E-state index in [-0.39, 0.29) is 29.6 Å². The van der Waals surface area contributed by atoms with E-state index in [2.05, 4.69) is 19.8 Å². The third-order valence-corrected chi connectivity index (χ3v) is 4.30. The molecule has 1 aliphatic heterocycles. The van der Waals surface area contributed by atoms with Gasteiger partial charge in [0.25, 0.3) is 0 Å². The van der Waals surface area contributed by atoms with Crippen LogP contribution in [0.15, 0.2) is 16.6 Å². The summed E-state index contributed by atoms with van der Waals surface area (Å²) in [5, 5.41) is 3.09. The smallest absolute Gasteiger partial charge is 0.191 e. The van der Waals surface area contributed by atoms with Gasteiger partial charge in [0.1, 0.15) is 0 Å². The van der Waals surface area contributed by atoms with Gasteiger partial charge in [0.05, 0.1) is 12.1 Å². The number of halogens is 1. The largest absolute Gasteiger partial charge is 0.377 e. The Morgan fingerprint density at radius 1 is 1.43 bits per heavy atom. The lowest BCUT2D eigenvalue weighted by molar-refractivity contribution is 0.0309. The van der Waals surface area contributed by atoms with Gasteiger partial charge in [-0.2, -0.15) is 0 Å².